The van der Waals surface area contributed by atoms with E-state index in [4.69, 9.17) is 9.47 Å². The summed E-state index contributed by atoms with van der Waals surface area (Å²) in [5, 5.41) is -0.521. The lowest BCUT2D eigenvalue weighted by atomic mass is 9.88. The van der Waals surface area contributed by atoms with Crippen molar-refractivity contribution in [1.29, 1.82) is 0 Å². The van der Waals surface area contributed by atoms with Crippen LogP contribution < -0.4 is 9.47 Å². The third-order valence-electron chi connectivity index (χ3n) is 6.38. The summed E-state index contributed by atoms with van der Waals surface area (Å²) in [4.78, 5) is 25.0. The number of fused-ring (bicyclic) bond motifs is 1. The maximum absolute atomic E-state index is 12.1. The van der Waals surface area contributed by atoms with Gasteiger partial charge in [-0.2, -0.15) is 0 Å². The van der Waals surface area contributed by atoms with Crippen LogP contribution in [0.2, 0.25) is 0 Å². The normalized spacial score (nSPS) is 23.0. The minimum atomic E-state index is -0.380. The van der Waals surface area contributed by atoms with Crippen molar-refractivity contribution >= 4 is 22.9 Å². The van der Waals surface area contributed by atoms with E-state index in [0.717, 1.165) is 41.7 Å². The van der Waals surface area contributed by atoms with E-state index < -0.39 is 0 Å². The van der Waals surface area contributed by atoms with E-state index in [1.165, 1.54) is 34.2 Å². The Kier molecular flexibility index (Phi) is 5.77. The number of benzene rings is 2. The predicted octanol–water partition coefficient (Wildman–Crippen LogP) is 5.01. The van der Waals surface area contributed by atoms with Crippen molar-refractivity contribution < 1.29 is 19.1 Å². The highest BCUT2D eigenvalue weighted by Gasteiger charge is 2.37. The van der Waals surface area contributed by atoms with E-state index in [9.17, 15) is 9.59 Å². The van der Waals surface area contributed by atoms with E-state index in [1.54, 1.807) is 0 Å². The summed E-state index contributed by atoms with van der Waals surface area (Å²) in [5.41, 5.74) is 5.70. The van der Waals surface area contributed by atoms with Gasteiger partial charge in [-0.05, 0) is 86.9 Å². The number of thioether (sulfide) groups is 1. The molecule has 2 aromatic rings. The lowest BCUT2D eigenvalue weighted by Crippen LogP contribution is -2.42. The standard InChI is InChI=1S/C25H29NO4S/c1-15-12-16(2)20-10-11-25(4,30-22(20)17(15)3)14-29-19-8-6-18(7-9-19)13-21-23(27)26(5)24(28)31-21/h6-9,12,21H,10-11,13-14H2,1-5H3. The van der Waals surface area contributed by atoms with Crippen LogP contribution in [0.25, 0.3) is 0 Å². The molecule has 0 bridgehead atoms. The van der Waals surface area contributed by atoms with Crippen molar-refractivity contribution in [2.45, 2.75) is 57.8 Å². The molecule has 2 amide bonds. The lowest BCUT2D eigenvalue weighted by Gasteiger charge is -2.37. The zero-order valence-electron chi connectivity index (χ0n) is 18.8. The van der Waals surface area contributed by atoms with Crippen LogP contribution in [0.15, 0.2) is 30.3 Å². The minimum absolute atomic E-state index is 0.126. The smallest absolute Gasteiger partial charge is 0.288 e. The second-order valence-corrected chi connectivity index (χ2v) is 10.1. The SMILES string of the molecule is Cc1cc(C)c2c(c1C)OC(C)(COc1ccc(CC3SC(=O)N(C)C3=O)cc1)CC2. The molecule has 2 heterocycles. The van der Waals surface area contributed by atoms with Crippen LogP contribution >= 0.6 is 11.8 Å². The van der Waals surface area contributed by atoms with Gasteiger partial charge in [-0.25, -0.2) is 0 Å². The third-order valence-corrected chi connectivity index (χ3v) is 7.51. The number of carbonyl (C=O) groups is 2. The summed E-state index contributed by atoms with van der Waals surface area (Å²) < 4.78 is 12.6. The van der Waals surface area contributed by atoms with Gasteiger partial charge in [0, 0.05) is 7.05 Å². The van der Waals surface area contributed by atoms with Crippen molar-refractivity contribution in [2.24, 2.45) is 0 Å². The second-order valence-electron chi connectivity index (χ2n) is 8.90. The van der Waals surface area contributed by atoms with Crippen molar-refractivity contribution in [3.8, 4) is 11.5 Å². The van der Waals surface area contributed by atoms with Crippen LogP contribution in [0.5, 0.6) is 11.5 Å². The van der Waals surface area contributed by atoms with Gasteiger partial charge in [-0.15, -0.1) is 0 Å². The summed E-state index contributed by atoms with van der Waals surface area (Å²) in [5.74, 6) is 1.66. The molecule has 31 heavy (non-hydrogen) atoms. The number of ether oxygens (including phenoxy) is 2. The first-order chi connectivity index (χ1) is 14.7. The average Bonchev–Trinajstić information content (AvgIpc) is 2.98. The molecular weight excluding hydrogens is 410 g/mol. The number of carbonyl (C=O) groups excluding carboxylic acids is 2. The van der Waals surface area contributed by atoms with E-state index in [-0.39, 0.29) is 22.0 Å². The van der Waals surface area contributed by atoms with E-state index >= 15 is 0 Å². The van der Waals surface area contributed by atoms with Gasteiger partial charge < -0.3 is 9.47 Å². The molecule has 1 fully saturated rings. The van der Waals surface area contributed by atoms with Crippen molar-refractivity contribution in [1.82, 2.24) is 4.90 Å². The molecule has 0 radical (unpaired) electrons. The number of nitrogens with zero attached hydrogens (tertiary/aromatic N) is 1. The van der Waals surface area contributed by atoms with Crippen LogP contribution in [0.4, 0.5) is 4.79 Å². The minimum Gasteiger partial charge on any atom is -0.489 e. The van der Waals surface area contributed by atoms with Gasteiger partial charge in [-0.3, -0.25) is 14.5 Å². The van der Waals surface area contributed by atoms with Crippen LogP contribution in [0.3, 0.4) is 0 Å². The molecule has 0 saturated carbocycles. The molecule has 6 heteroatoms. The number of rotatable bonds is 5. The van der Waals surface area contributed by atoms with Gasteiger partial charge in [0.15, 0.2) is 0 Å². The number of imide groups is 1. The number of amides is 2. The number of aryl methyl sites for hydroxylation is 2. The molecule has 0 aliphatic carbocycles. The molecule has 2 aliphatic heterocycles. The fraction of sp³-hybridized carbons (Fsp3) is 0.440. The Balaban J connectivity index is 1.39. The summed E-state index contributed by atoms with van der Waals surface area (Å²) in [7, 11) is 1.53. The Morgan fingerprint density at radius 2 is 1.87 bits per heavy atom. The molecular formula is C25H29NO4S. The fourth-order valence-corrected chi connectivity index (χ4v) is 5.23. The molecule has 0 N–H and O–H groups in total. The quantitative estimate of drug-likeness (QED) is 0.655. The first-order valence-electron chi connectivity index (χ1n) is 10.7. The summed E-state index contributed by atoms with van der Waals surface area (Å²) in [6.07, 6.45) is 2.43. The van der Waals surface area contributed by atoms with Crippen LogP contribution in [0.1, 0.15) is 41.2 Å². The molecule has 2 unspecified atom stereocenters. The summed E-state index contributed by atoms with van der Waals surface area (Å²) >= 11 is 1.10. The van der Waals surface area contributed by atoms with Crippen LogP contribution in [0, 0.1) is 20.8 Å². The first-order valence-corrected chi connectivity index (χ1v) is 11.5. The molecule has 5 nitrogen and oxygen atoms in total. The lowest BCUT2D eigenvalue weighted by molar-refractivity contribution is -0.125. The molecule has 164 valence electrons. The van der Waals surface area contributed by atoms with Crippen LogP contribution in [-0.2, 0) is 17.6 Å². The number of hydrogen-bond donors (Lipinski definition) is 0. The Hall–Kier alpha value is -2.47. The Labute approximate surface area is 188 Å². The molecule has 1 saturated heterocycles. The highest BCUT2D eigenvalue weighted by Crippen LogP contribution is 2.39. The maximum atomic E-state index is 12.1. The molecule has 0 aromatic heterocycles. The molecule has 2 aromatic carbocycles. The third kappa shape index (κ3) is 4.31. The van der Waals surface area contributed by atoms with Gasteiger partial charge in [0.2, 0.25) is 5.91 Å². The van der Waals surface area contributed by atoms with Crippen molar-refractivity contribution in [2.75, 3.05) is 13.7 Å². The number of hydrogen-bond acceptors (Lipinski definition) is 5. The Morgan fingerprint density at radius 3 is 2.52 bits per heavy atom. The molecule has 2 aliphatic rings. The predicted molar refractivity (Wildman–Crippen MR) is 123 cm³/mol. The van der Waals surface area contributed by atoms with E-state index in [2.05, 4.69) is 33.8 Å². The summed E-state index contributed by atoms with van der Waals surface area (Å²) in [6, 6.07) is 10.0. The van der Waals surface area contributed by atoms with Crippen molar-refractivity contribution in [3.63, 3.8) is 0 Å². The second kappa shape index (κ2) is 8.23. The molecule has 2 atom stereocenters. The maximum Gasteiger partial charge on any atom is 0.288 e. The van der Waals surface area contributed by atoms with Gasteiger partial charge >= 0.3 is 0 Å². The van der Waals surface area contributed by atoms with Crippen molar-refractivity contribution in [3.05, 3.63) is 58.1 Å². The Morgan fingerprint density at radius 1 is 1.16 bits per heavy atom. The zero-order chi connectivity index (χ0) is 22.3. The highest BCUT2D eigenvalue weighted by molar-refractivity contribution is 8.15. The first kappa shape index (κ1) is 21.8. The van der Waals surface area contributed by atoms with Gasteiger partial charge in [0.05, 0.1) is 5.25 Å². The van der Waals surface area contributed by atoms with Crippen LogP contribution in [-0.4, -0.2) is 40.6 Å². The average molecular weight is 440 g/mol. The van der Waals surface area contributed by atoms with Gasteiger partial charge in [0.1, 0.15) is 23.7 Å². The van der Waals surface area contributed by atoms with E-state index in [1.807, 2.05) is 24.3 Å². The van der Waals surface area contributed by atoms with Gasteiger partial charge in [-0.1, -0.05) is 30.0 Å². The summed E-state index contributed by atoms with van der Waals surface area (Å²) in [6.45, 7) is 8.98. The molecule has 4 rings (SSSR count). The van der Waals surface area contributed by atoms with E-state index in [0.29, 0.717) is 13.0 Å². The fourth-order valence-electron chi connectivity index (χ4n) is 4.20. The van der Waals surface area contributed by atoms with Gasteiger partial charge in [0.25, 0.3) is 5.24 Å². The Bertz CT molecular complexity index is 1030. The highest BCUT2D eigenvalue weighted by atomic mass is 32.2. The largest absolute Gasteiger partial charge is 0.489 e. The topological polar surface area (TPSA) is 55.8 Å². The monoisotopic (exact) mass is 439 g/mol. The zero-order valence-corrected chi connectivity index (χ0v) is 19.6. The molecule has 0 spiro atoms.